The zero-order valence-electron chi connectivity index (χ0n) is 10.1. The van der Waals surface area contributed by atoms with Crippen molar-refractivity contribution in [2.45, 2.75) is 18.6 Å². The van der Waals surface area contributed by atoms with Gasteiger partial charge in [-0.15, -0.1) is 0 Å². The average Bonchev–Trinajstić information content (AvgIpc) is 2.38. The van der Waals surface area contributed by atoms with Crippen molar-refractivity contribution in [2.24, 2.45) is 5.73 Å². The number of benzene rings is 2. The molecule has 0 saturated heterocycles. The van der Waals surface area contributed by atoms with Crippen LogP contribution < -0.4 is 10.5 Å². The Morgan fingerprint density at radius 1 is 1.11 bits per heavy atom. The topological polar surface area (TPSA) is 35.2 Å². The Morgan fingerprint density at radius 3 is 2.58 bits per heavy atom. The third kappa shape index (κ3) is 2.44. The standard InChI is InChI=1S/C15H13Cl2NO/c16-11-6-10-7-13(18)15(9-4-2-1-3-5-9)19-14(10)12(17)8-11/h1-6,8,13,15H,7,18H2. The summed E-state index contributed by atoms with van der Waals surface area (Å²) in [6.07, 6.45) is 0.530. The molecule has 1 aliphatic rings. The van der Waals surface area contributed by atoms with Gasteiger partial charge in [-0.05, 0) is 29.7 Å². The smallest absolute Gasteiger partial charge is 0.142 e. The van der Waals surface area contributed by atoms with Crippen LogP contribution in [0.1, 0.15) is 17.2 Å². The number of ether oxygens (including phenoxy) is 1. The molecule has 2 atom stereocenters. The summed E-state index contributed by atoms with van der Waals surface area (Å²) in [7, 11) is 0. The summed E-state index contributed by atoms with van der Waals surface area (Å²) in [5.41, 5.74) is 8.25. The van der Waals surface area contributed by atoms with E-state index in [0.29, 0.717) is 22.2 Å². The fourth-order valence-corrected chi connectivity index (χ4v) is 3.01. The Morgan fingerprint density at radius 2 is 1.84 bits per heavy atom. The van der Waals surface area contributed by atoms with Crippen molar-refractivity contribution in [3.63, 3.8) is 0 Å². The molecule has 2 aromatic carbocycles. The second-order valence-electron chi connectivity index (χ2n) is 4.69. The van der Waals surface area contributed by atoms with E-state index in [4.69, 9.17) is 33.7 Å². The lowest BCUT2D eigenvalue weighted by molar-refractivity contribution is 0.153. The van der Waals surface area contributed by atoms with Gasteiger partial charge in [-0.1, -0.05) is 53.5 Å². The maximum atomic E-state index is 6.21. The van der Waals surface area contributed by atoms with Crippen molar-refractivity contribution in [3.8, 4) is 5.75 Å². The minimum absolute atomic E-state index is 0.107. The Bertz CT molecular complexity index is 601. The lowest BCUT2D eigenvalue weighted by atomic mass is 9.93. The first-order valence-electron chi connectivity index (χ1n) is 6.10. The van der Waals surface area contributed by atoms with Gasteiger partial charge >= 0.3 is 0 Å². The van der Waals surface area contributed by atoms with Crippen LogP contribution in [-0.4, -0.2) is 6.04 Å². The molecule has 1 heterocycles. The van der Waals surface area contributed by atoms with Crippen LogP contribution >= 0.6 is 23.2 Å². The van der Waals surface area contributed by atoms with Gasteiger partial charge < -0.3 is 10.5 Å². The van der Waals surface area contributed by atoms with Crippen molar-refractivity contribution in [1.82, 2.24) is 0 Å². The van der Waals surface area contributed by atoms with Crippen LogP contribution in [0.15, 0.2) is 42.5 Å². The first-order chi connectivity index (χ1) is 9.15. The first-order valence-corrected chi connectivity index (χ1v) is 6.86. The molecule has 2 N–H and O–H groups in total. The first kappa shape index (κ1) is 12.8. The number of nitrogens with two attached hydrogens (primary N) is 1. The van der Waals surface area contributed by atoms with Gasteiger partial charge in [0.15, 0.2) is 0 Å². The predicted octanol–water partition coefficient (Wildman–Crippen LogP) is 4.00. The highest BCUT2D eigenvalue weighted by molar-refractivity contribution is 6.35. The molecule has 0 aromatic heterocycles. The molecular weight excluding hydrogens is 281 g/mol. The average molecular weight is 294 g/mol. The zero-order chi connectivity index (χ0) is 13.4. The lowest BCUT2D eigenvalue weighted by Crippen LogP contribution is -2.37. The van der Waals surface area contributed by atoms with Gasteiger partial charge in [0.25, 0.3) is 0 Å². The molecule has 3 rings (SSSR count). The summed E-state index contributed by atoms with van der Waals surface area (Å²) in [5.74, 6) is 0.696. The molecule has 19 heavy (non-hydrogen) atoms. The molecule has 0 spiro atoms. The number of rotatable bonds is 1. The maximum absolute atomic E-state index is 6.21. The van der Waals surface area contributed by atoms with Gasteiger partial charge in [-0.3, -0.25) is 0 Å². The van der Waals surface area contributed by atoms with E-state index in [1.165, 1.54) is 0 Å². The minimum Gasteiger partial charge on any atom is -0.482 e. The fraction of sp³-hybridized carbons (Fsp3) is 0.200. The summed E-state index contributed by atoms with van der Waals surface area (Å²) in [6, 6.07) is 13.4. The van der Waals surface area contributed by atoms with Crippen LogP contribution in [0.3, 0.4) is 0 Å². The SMILES string of the molecule is NC1Cc2cc(Cl)cc(Cl)c2OC1c1ccccc1. The Labute approximate surface area is 122 Å². The predicted molar refractivity (Wildman–Crippen MR) is 78.0 cm³/mol. The Balaban J connectivity index is 2.00. The molecule has 2 nitrogen and oxygen atoms in total. The summed E-state index contributed by atoms with van der Waals surface area (Å²) < 4.78 is 6.00. The molecule has 1 aliphatic heterocycles. The second kappa shape index (κ2) is 5.04. The van der Waals surface area contributed by atoms with Gasteiger partial charge in [0.05, 0.1) is 11.1 Å². The largest absolute Gasteiger partial charge is 0.482 e. The van der Waals surface area contributed by atoms with Crippen LogP contribution in [0.2, 0.25) is 10.0 Å². The van der Waals surface area contributed by atoms with Gasteiger partial charge in [-0.25, -0.2) is 0 Å². The van der Waals surface area contributed by atoms with Gasteiger partial charge in [-0.2, -0.15) is 0 Å². The highest BCUT2D eigenvalue weighted by Crippen LogP contribution is 2.40. The van der Waals surface area contributed by atoms with Crippen LogP contribution in [-0.2, 0) is 6.42 Å². The highest BCUT2D eigenvalue weighted by atomic mass is 35.5. The molecule has 98 valence electrons. The Hall–Kier alpha value is -1.22. The molecule has 2 aromatic rings. The summed E-state index contributed by atoms with van der Waals surface area (Å²) in [6.45, 7) is 0. The van der Waals surface area contributed by atoms with Crippen molar-refractivity contribution < 1.29 is 4.74 Å². The van der Waals surface area contributed by atoms with Crippen LogP contribution in [0.4, 0.5) is 0 Å². The molecule has 0 saturated carbocycles. The van der Waals surface area contributed by atoms with Crippen molar-refractivity contribution >= 4 is 23.2 Å². The van der Waals surface area contributed by atoms with Crippen molar-refractivity contribution in [3.05, 3.63) is 63.6 Å². The normalized spacial score (nSPS) is 21.6. The van der Waals surface area contributed by atoms with Gasteiger partial charge in [0.1, 0.15) is 11.9 Å². The van der Waals surface area contributed by atoms with E-state index in [1.54, 1.807) is 6.07 Å². The van der Waals surface area contributed by atoms with E-state index in [0.717, 1.165) is 11.1 Å². The molecule has 0 bridgehead atoms. The summed E-state index contributed by atoms with van der Waals surface area (Å²) >= 11 is 12.2. The van der Waals surface area contributed by atoms with E-state index >= 15 is 0 Å². The molecule has 0 amide bonds. The van der Waals surface area contributed by atoms with E-state index < -0.39 is 0 Å². The fourth-order valence-electron chi connectivity index (χ4n) is 2.43. The number of hydrogen-bond donors (Lipinski definition) is 1. The maximum Gasteiger partial charge on any atom is 0.142 e. The molecule has 0 fully saturated rings. The monoisotopic (exact) mass is 293 g/mol. The zero-order valence-corrected chi connectivity index (χ0v) is 11.7. The van der Waals surface area contributed by atoms with E-state index in [-0.39, 0.29) is 12.1 Å². The molecular formula is C15H13Cl2NO. The van der Waals surface area contributed by atoms with E-state index in [1.807, 2.05) is 36.4 Å². The van der Waals surface area contributed by atoms with Crippen LogP contribution in [0.5, 0.6) is 5.75 Å². The van der Waals surface area contributed by atoms with Crippen molar-refractivity contribution in [1.29, 1.82) is 0 Å². The lowest BCUT2D eigenvalue weighted by Gasteiger charge is -2.32. The number of hydrogen-bond acceptors (Lipinski definition) is 2. The van der Waals surface area contributed by atoms with E-state index in [9.17, 15) is 0 Å². The minimum atomic E-state index is -0.174. The molecule has 2 unspecified atom stereocenters. The third-order valence-corrected chi connectivity index (χ3v) is 3.80. The van der Waals surface area contributed by atoms with Crippen molar-refractivity contribution in [2.75, 3.05) is 0 Å². The second-order valence-corrected chi connectivity index (χ2v) is 5.54. The quantitative estimate of drug-likeness (QED) is 0.863. The Kier molecular flexibility index (Phi) is 3.40. The van der Waals surface area contributed by atoms with Gasteiger partial charge in [0.2, 0.25) is 0 Å². The van der Waals surface area contributed by atoms with Gasteiger partial charge in [0, 0.05) is 5.02 Å². The number of fused-ring (bicyclic) bond motifs is 1. The molecule has 0 radical (unpaired) electrons. The van der Waals surface area contributed by atoms with Crippen LogP contribution in [0, 0.1) is 0 Å². The molecule has 0 aliphatic carbocycles. The van der Waals surface area contributed by atoms with E-state index in [2.05, 4.69) is 0 Å². The molecule has 4 heteroatoms. The summed E-state index contributed by atoms with van der Waals surface area (Å²) in [5, 5.41) is 1.15. The third-order valence-electron chi connectivity index (χ3n) is 3.30. The van der Waals surface area contributed by atoms with Crippen LogP contribution in [0.25, 0.3) is 0 Å². The highest BCUT2D eigenvalue weighted by Gasteiger charge is 2.30. The number of halogens is 2. The summed E-state index contributed by atoms with van der Waals surface area (Å²) in [4.78, 5) is 0.